The Morgan fingerprint density at radius 3 is 2.46 bits per heavy atom. The SMILES string of the molecule is CCC(C)[C@H](N)c1nnc(N)n1N. The molecule has 0 aromatic carbocycles. The van der Waals surface area contributed by atoms with Gasteiger partial charge in [-0.25, -0.2) is 4.68 Å². The quantitative estimate of drug-likeness (QED) is 0.555. The molecule has 0 fully saturated rings. The third kappa shape index (κ3) is 1.72. The molecule has 0 saturated heterocycles. The summed E-state index contributed by atoms with van der Waals surface area (Å²) in [7, 11) is 0. The molecule has 1 rings (SSSR count). The number of hydrogen-bond acceptors (Lipinski definition) is 5. The van der Waals surface area contributed by atoms with Crippen LogP contribution in [0.15, 0.2) is 0 Å². The Labute approximate surface area is 77.1 Å². The number of nitrogens with zero attached hydrogens (tertiary/aromatic N) is 3. The van der Waals surface area contributed by atoms with Crippen LogP contribution < -0.4 is 17.3 Å². The van der Waals surface area contributed by atoms with Gasteiger partial charge in [-0.15, -0.1) is 10.2 Å². The van der Waals surface area contributed by atoms with Gasteiger partial charge in [0.2, 0.25) is 5.95 Å². The predicted molar refractivity (Wildman–Crippen MR) is 51.0 cm³/mol. The average Bonchev–Trinajstić information content (AvgIpc) is 2.45. The van der Waals surface area contributed by atoms with Crippen molar-refractivity contribution in [3.05, 3.63) is 5.82 Å². The van der Waals surface area contributed by atoms with E-state index in [1.54, 1.807) is 0 Å². The third-order valence-corrected chi connectivity index (χ3v) is 2.30. The average molecular weight is 184 g/mol. The molecule has 74 valence electrons. The molecule has 0 aliphatic heterocycles. The molecule has 1 aromatic rings. The lowest BCUT2D eigenvalue weighted by atomic mass is 10.00. The molecule has 1 unspecified atom stereocenters. The Hall–Kier alpha value is -1.30. The molecule has 6 N–H and O–H groups in total. The highest BCUT2D eigenvalue weighted by molar-refractivity contribution is 5.18. The maximum absolute atomic E-state index is 5.90. The first-order valence-corrected chi connectivity index (χ1v) is 4.29. The Morgan fingerprint density at radius 2 is 2.08 bits per heavy atom. The van der Waals surface area contributed by atoms with E-state index in [1.165, 1.54) is 4.68 Å². The van der Waals surface area contributed by atoms with Crippen LogP contribution in [0.1, 0.15) is 32.1 Å². The van der Waals surface area contributed by atoms with Gasteiger partial charge in [0.15, 0.2) is 5.82 Å². The minimum Gasteiger partial charge on any atom is -0.366 e. The number of nitrogen functional groups attached to an aromatic ring is 2. The second-order valence-electron chi connectivity index (χ2n) is 3.20. The highest BCUT2D eigenvalue weighted by atomic mass is 15.4. The monoisotopic (exact) mass is 184 g/mol. The van der Waals surface area contributed by atoms with Crippen molar-refractivity contribution in [3.8, 4) is 0 Å². The van der Waals surface area contributed by atoms with Gasteiger partial charge >= 0.3 is 0 Å². The van der Waals surface area contributed by atoms with Crippen LogP contribution in [0, 0.1) is 5.92 Å². The van der Waals surface area contributed by atoms with Crippen molar-refractivity contribution in [3.63, 3.8) is 0 Å². The van der Waals surface area contributed by atoms with Gasteiger partial charge in [-0.05, 0) is 5.92 Å². The molecular formula is C7H16N6. The minimum absolute atomic E-state index is 0.189. The Bertz CT molecular complexity index is 281. The lowest BCUT2D eigenvalue weighted by Crippen LogP contribution is -2.26. The van der Waals surface area contributed by atoms with E-state index in [9.17, 15) is 0 Å². The lowest BCUT2D eigenvalue weighted by molar-refractivity contribution is 0.432. The molecule has 0 radical (unpaired) electrons. The van der Waals surface area contributed by atoms with Crippen molar-refractivity contribution >= 4 is 5.95 Å². The Balaban J connectivity index is 2.88. The van der Waals surface area contributed by atoms with Crippen molar-refractivity contribution in [2.45, 2.75) is 26.3 Å². The minimum atomic E-state index is -0.209. The smallest absolute Gasteiger partial charge is 0.240 e. The van der Waals surface area contributed by atoms with Gasteiger partial charge in [-0.1, -0.05) is 20.3 Å². The fraction of sp³-hybridized carbons (Fsp3) is 0.714. The summed E-state index contributed by atoms with van der Waals surface area (Å²) in [6.07, 6.45) is 0.966. The molecular weight excluding hydrogens is 168 g/mol. The van der Waals surface area contributed by atoms with Crippen LogP contribution in [0.3, 0.4) is 0 Å². The zero-order valence-corrected chi connectivity index (χ0v) is 7.94. The maximum atomic E-state index is 5.90. The molecule has 2 atom stereocenters. The van der Waals surface area contributed by atoms with Gasteiger partial charge in [0.05, 0.1) is 6.04 Å². The normalized spacial score (nSPS) is 15.6. The number of aromatic nitrogens is 3. The number of rotatable bonds is 3. The highest BCUT2D eigenvalue weighted by Gasteiger charge is 2.19. The van der Waals surface area contributed by atoms with E-state index >= 15 is 0 Å². The molecule has 1 aromatic heterocycles. The number of hydrogen-bond donors (Lipinski definition) is 3. The molecule has 0 saturated carbocycles. The first kappa shape index (κ1) is 9.79. The molecule has 6 nitrogen and oxygen atoms in total. The molecule has 0 spiro atoms. The fourth-order valence-corrected chi connectivity index (χ4v) is 1.05. The summed E-state index contributed by atoms with van der Waals surface area (Å²) in [6, 6.07) is -0.209. The van der Waals surface area contributed by atoms with Gasteiger partial charge in [-0.3, -0.25) is 0 Å². The van der Waals surface area contributed by atoms with E-state index in [4.69, 9.17) is 17.3 Å². The Morgan fingerprint density at radius 1 is 1.46 bits per heavy atom. The molecule has 0 aliphatic rings. The zero-order chi connectivity index (χ0) is 10.0. The maximum Gasteiger partial charge on any atom is 0.240 e. The van der Waals surface area contributed by atoms with Crippen molar-refractivity contribution in [2.75, 3.05) is 11.6 Å². The van der Waals surface area contributed by atoms with Crippen LogP contribution in [-0.2, 0) is 0 Å². The van der Waals surface area contributed by atoms with Gasteiger partial charge in [0, 0.05) is 0 Å². The standard InChI is InChI=1S/C7H16N6/c1-3-4(2)5(8)6-11-12-7(9)13(6)10/h4-5H,3,8,10H2,1-2H3,(H2,9,12)/t4?,5-/m0/s1. The second kappa shape index (κ2) is 3.61. The van der Waals surface area contributed by atoms with Crippen LogP contribution in [0.5, 0.6) is 0 Å². The third-order valence-electron chi connectivity index (χ3n) is 2.30. The fourth-order valence-electron chi connectivity index (χ4n) is 1.05. The topological polar surface area (TPSA) is 109 Å². The summed E-state index contributed by atoms with van der Waals surface area (Å²) in [5.41, 5.74) is 11.3. The van der Waals surface area contributed by atoms with Crippen LogP contribution in [-0.4, -0.2) is 14.9 Å². The van der Waals surface area contributed by atoms with E-state index in [1.807, 2.05) is 6.92 Å². The first-order valence-electron chi connectivity index (χ1n) is 4.29. The van der Waals surface area contributed by atoms with Crippen molar-refractivity contribution in [1.82, 2.24) is 14.9 Å². The zero-order valence-electron chi connectivity index (χ0n) is 7.94. The molecule has 13 heavy (non-hydrogen) atoms. The van der Waals surface area contributed by atoms with E-state index < -0.39 is 0 Å². The summed E-state index contributed by atoms with van der Waals surface area (Å²) in [4.78, 5) is 0. The molecule has 0 bridgehead atoms. The van der Waals surface area contributed by atoms with Gasteiger partial charge < -0.3 is 17.3 Å². The molecule has 0 amide bonds. The van der Waals surface area contributed by atoms with E-state index in [0.717, 1.165) is 6.42 Å². The van der Waals surface area contributed by atoms with Crippen LogP contribution >= 0.6 is 0 Å². The summed E-state index contributed by atoms with van der Waals surface area (Å²) >= 11 is 0. The van der Waals surface area contributed by atoms with E-state index in [-0.39, 0.29) is 12.0 Å². The lowest BCUT2D eigenvalue weighted by Gasteiger charge is -2.16. The summed E-state index contributed by atoms with van der Waals surface area (Å²) < 4.78 is 1.23. The predicted octanol–water partition coefficient (Wildman–Crippen LogP) is -0.380. The van der Waals surface area contributed by atoms with Crippen LogP contribution in [0.25, 0.3) is 0 Å². The summed E-state index contributed by atoms with van der Waals surface area (Å²) in [5, 5.41) is 7.46. The summed E-state index contributed by atoms with van der Waals surface area (Å²) in [6.45, 7) is 4.10. The second-order valence-corrected chi connectivity index (χ2v) is 3.20. The molecule has 6 heteroatoms. The number of nitrogens with two attached hydrogens (primary N) is 3. The van der Waals surface area contributed by atoms with Crippen molar-refractivity contribution < 1.29 is 0 Å². The van der Waals surface area contributed by atoms with Crippen molar-refractivity contribution in [1.29, 1.82) is 0 Å². The van der Waals surface area contributed by atoms with Crippen LogP contribution in [0.2, 0.25) is 0 Å². The largest absolute Gasteiger partial charge is 0.366 e. The highest BCUT2D eigenvalue weighted by Crippen LogP contribution is 2.19. The van der Waals surface area contributed by atoms with E-state index in [0.29, 0.717) is 11.7 Å². The van der Waals surface area contributed by atoms with Gasteiger partial charge in [0.1, 0.15) is 0 Å². The summed E-state index contributed by atoms with van der Waals surface area (Å²) in [5.74, 6) is 6.62. The first-order chi connectivity index (χ1) is 6.07. The molecule has 0 aliphatic carbocycles. The van der Waals surface area contributed by atoms with E-state index in [2.05, 4.69) is 17.1 Å². The van der Waals surface area contributed by atoms with Crippen molar-refractivity contribution in [2.24, 2.45) is 11.7 Å². The van der Waals surface area contributed by atoms with Gasteiger partial charge in [-0.2, -0.15) is 0 Å². The number of anilines is 1. The van der Waals surface area contributed by atoms with Gasteiger partial charge in [0.25, 0.3) is 0 Å². The van der Waals surface area contributed by atoms with Crippen LogP contribution in [0.4, 0.5) is 5.95 Å². The molecule has 1 heterocycles. The Kier molecular flexibility index (Phi) is 2.72.